The van der Waals surface area contributed by atoms with Crippen LogP contribution in [0.25, 0.3) is 0 Å². The zero-order valence-electron chi connectivity index (χ0n) is 22.1. The maximum Gasteiger partial charge on any atom is 0.187 e. The van der Waals surface area contributed by atoms with Crippen molar-refractivity contribution in [1.82, 2.24) is 0 Å². The first-order chi connectivity index (χ1) is 18.1. The van der Waals surface area contributed by atoms with Crippen LogP contribution in [-0.4, -0.2) is 89.5 Å². The maximum atomic E-state index is 6.60. The summed E-state index contributed by atoms with van der Waals surface area (Å²) in [6.45, 7) is 2.77. The first kappa shape index (κ1) is 28.5. The van der Waals surface area contributed by atoms with Crippen molar-refractivity contribution in [2.24, 2.45) is 0 Å². The van der Waals surface area contributed by atoms with Crippen LogP contribution in [0.4, 0.5) is 0 Å². The van der Waals surface area contributed by atoms with Crippen molar-refractivity contribution in [1.29, 1.82) is 0 Å². The van der Waals surface area contributed by atoms with E-state index >= 15 is 0 Å². The van der Waals surface area contributed by atoms with Crippen LogP contribution in [0.5, 0.6) is 0 Å². The topological polar surface area (TPSA) is 73.8 Å². The predicted molar refractivity (Wildman–Crippen MR) is 139 cm³/mol. The minimum absolute atomic E-state index is 0.286. The van der Waals surface area contributed by atoms with E-state index in [1.807, 2.05) is 67.6 Å². The monoisotopic (exact) mass is 534 g/mol. The van der Waals surface area contributed by atoms with Crippen LogP contribution in [0.1, 0.15) is 12.5 Å². The van der Waals surface area contributed by atoms with Gasteiger partial charge in [-0.3, -0.25) is 0 Å². The van der Waals surface area contributed by atoms with E-state index in [1.165, 1.54) is 0 Å². The Morgan fingerprint density at radius 2 is 1.41 bits per heavy atom. The number of ether oxygens (including phenoxy) is 8. The van der Waals surface area contributed by atoms with Gasteiger partial charge in [-0.05, 0) is 24.6 Å². The average molecular weight is 535 g/mol. The molecule has 0 saturated carbocycles. The molecule has 9 heteroatoms. The van der Waals surface area contributed by atoms with Crippen LogP contribution in [0.3, 0.4) is 0 Å². The summed E-state index contributed by atoms with van der Waals surface area (Å²) in [5, 5.41) is 0. The lowest BCUT2D eigenvalue weighted by Gasteiger charge is -2.47. The molecule has 204 valence electrons. The molecule has 4 rings (SSSR count). The summed E-state index contributed by atoms with van der Waals surface area (Å²) >= 11 is 1.59. The van der Waals surface area contributed by atoms with Crippen LogP contribution in [0.15, 0.2) is 65.6 Å². The highest BCUT2D eigenvalue weighted by atomic mass is 32.2. The fourth-order valence-electron chi connectivity index (χ4n) is 4.84. The number of benzene rings is 2. The second kappa shape index (κ2) is 14.0. The fraction of sp³-hybridized carbons (Fsp3) is 0.571. The van der Waals surface area contributed by atoms with Crippen molar-refractivity contribution in [2.45, 2.75) is 72.9 Å². The Kier molecular flexibility index (Phi) is 10.8. The highest BCUT2D eigenvalue weighted by Gasteiger charge is 2.50. The molecule has 0 amide bonds. The largest absolute Gasteiger partial charge is 0.376 e. The summed E-state index contributed by atoms with van der Waals surface area (Å²) < 4.78 is 48.8. The number of rotatable bonds is 11. The Balaban J connectivity index is 1.48. The van der Waals surface area contributed by atoms with Crippen molar-refractivity contribution >= 4 is 11.8 Å². The van der Waals surface area contributed by atoms with E-state index in [-0.39, 0.29) is 23.7 Å². The van der Waals surface area contributed by atoms with Gasteiger partial charge in [0.25, 0.3) is 0 Å². The highest BCUT2D eigenvalue weighted by molar-refractivity contribution is 7.99. The second-order valence-corrected chi connectivity index (χ2v) is 10.3. The number of methoxy groups -OCH3 is 4. The van der Waals surface area contributed by atoms with E-state index in [9.17, 15) is 0 Å². The van der Waals surface area contributed by atoms with Crippen LogP contribution in [-0.2, 0) is 44.5 Å². The van der Waals surface area contributed by atoms with Crippen molar-refractivity contribution in [2.75, 3.05) is 35.0 Å². The smallest absolute Gasteiger partial charge is 0.187 e. The highest BCUT2D eigenvalue weighted by Crippen LogP contribution is 2.36. The van der Waals surface area contributed by atoms with E-state index in [2.05, 4.69) is 0 Å². The van der Waals surface area contributed by atoms with Crippen molar-refractivity contribution in [3.05, 3.63) is 66.2 Å². The number of hydrogen-bond acceptors (Lipinski definition) is 9. The van der Waals surface area contributed by atoms with Gasteiger partial charge >= 0.3 is 0 Å². The lowest BCUT2D eigenvalue weighted by Crippen LogP contribution is -2.63. The standard InChI is InChI=1S/C28H38O8S/c1-18-22(33-16-19-12-8-6-9-13-19)24(30-3)25(31-4)27(35-18)36-23-21(29-2)17-34-28(26(23)32-5)37-20-14-10-7-11-15-20/h6-15,18,21-28H,16-17H2,1-5H3/t18-,21+,22+,23-,24+,25-,26+,27-,28+/m0/s1. The van der Waals surface area contributed by atoms with E-state index in [0.717, 1.165) is 10.5 Å². The zero-order valence-corrected chi connectivity index (χ0v) is 22.9. The Bertz CT molecular complexity index is 919. The van der Waals surface area contributed by atoms with Gasteiger partial charge in [-0.15, -0.1) is 0 Å². The summed E-state index contributed by atoms with van der Waals surface area (Å²) in [5.74, 6) is 0. The van der Waals surface area contributed by atoms with E-state index in [4.69, 9.17) is 37.9 Å². The molecule has 0 aromatic heterocycles. The number of thioether (sulfide) groups is 1. The summed E-state index contributed by atoms with van der Waals surface area (Å²) in [4.78, 5) is 1.08. The van der Waals surface area contributed by atoms with Crippen LogP contribution in [0.2, 0.25) is 0 Å². The summed E-state index contributed by atoms with van der Waals surface area (Å²) in [6, 6.07) is 20.1. The molecule has 37 heavy (non-hydrogen) atoms. The van der Waals surface area contributed by atoms with Crippen molar-refractivity contribution < 1.29 is 37.9 Å². The van der Waals surface area contributed by atoms with Gasteiger partial charge in [-0.2, -0.15) is 0 Å². The molecule has 2 aromatic rings. The minimum Gasteiger partial charge on any atom is -0.376 e. The molecular weight excluding hydrogens is 496 g/mol. The molecule has 0 bridgehead atoms. The van der Waals surface area contributed by atoms with Gasteiger partial charge in [0.05, 0.1) is 19.3 Å². The lowest BCUT2D eigenvalue weighted by atomic mass is 9.98. The Labute approximate surface area is 223 Å². The van der Waals surface area contributed by atoms with Gasteiger partial charge in [0.1, 0.15) is 42.1 Å². The maximum absolute atomic E-state index is 6.60. The third-order valence-corrected chi connectivity index (χ3v) is 7.98. The molecule has 8 nitrogen and oxygen atoms in total. The SMILES string of the molecule is CO[C@H]1[C@H](OC)[C@H](O[C@@H]2[C@@H](OC)[C@@H](Sc3ccccc3)OC[C@H]2OC)O[C@@H](C)[C@H]1OCc1ccccc1. The molecule has 2 aliphatic heterocycles. The molecule has 0 N–H and O–H groups in total. The van der Waals surface area contributed by atoms with Gasteiger partial charge in [-0.25, -0.2) is 0 Å². The Morgan fingerprint density at radius 1 is 0.757 bits per heavy atom. The third kappa shape index (κ3) is 6.92. The van der Waals surface area contributed by atoms with Crippen molar-refractivity contribution in [3.8, 4) is 0 Å². The van der Waals surface area contributed by atoms with E-state index in [0.29, 0.717) is 13.2 Å². The van der Waals surface area contributed by atoms with Gasteiger partial charge < -0.3 is 37.9 Å². The summed E-state index contributed by atoms with van der Waals surface area (Å²) in [5.41, 5.74) is 0.790. The molecule has 9 atom stereocenters. The Hall–Kier alpha value is -1.53. The molecule has 0 aliphatic carbocycles. The van der Waals surface area contributed by atoms with Gasteiger partial charge in [0, 0.05) is 33.3 Å². The molecule has 2 aromatic carbocycles. The number of hydrogen-bond donors (Lipinski definition) is 0. The molecular formula is C28H38O8S. The van der Waals surface area contributed by atoms with Crippen LogP contribution in [0, 0.1) is 0 Å². The van der Waals surface area contributed by atoms with Gasteiger partial charge in [-0.1, -0.05) is 60.3 Å². The fourth-order valence-corrected chi connectivity index (χ4v) is 5.97. The normalized spacial score (nSPS) is 34.4. The molecule has 0 radical (unpaired) electrons. The minimum atomic E-state index is -0.720. The molecule has 0 unspecified atom stereocenters. The summed E-state index contributed by atoms with van der Waals surface area (Å²) in [6.07, 6.45) is -3.51. The molecule has 0 spiro atoms. The van der Waals surface area contributed by atoms with Crippen LogP contribution < -0.4 is 0 Å². The van der Waals surface area contributed by atoms with Crippen LogP contribution >= 0.6 is 11.8 Å². The predicted octanol–water partition coefficient (Wildman–Crippen LogP) is 3.91. The first-order valence-corrected chi connectivity index (χ1v) is 13.4. The third-order valence-electron chi connectivity index (χ3n) is 6.80. The van der Waals surface area contributed by atoms with E-state index in [1.54, 1.807) is 40.2 Å². The first-order valence-electron chi connectivity index (χ1n) is 12.5. The molecule has 2 heterocycles. The Morgan fingerprint density at radius 3 is 2.03 bits per heavy atom. The molecule has 2 aliphatic rings. The average Bonchev–Trinajstić information content (AvgIpc) is 2.93. The second-order valence-electron chi connectivity index (χ2n) is 9.08. The molecule has 2 saturated heterocycles. The van der Waals surface area contributed by atoms with Gasteiger partial charge in [0.15, 0.2) is 6.29 Å². The quantitative estimate of drug-likeness (QED) is 0.427. The lowest BCUT2D eigenvalue weighted by molar-refractivity contribution is -0.339. The van der Waals surface area contributed by atoms with Gasteiger partial charge in [0.2, 0.25) is 0 Å². The van der Waals surface area contributed by atoms with Crippen molar-refractivity contribution in [3.63, 3.8) is 0 Å². The summed E-state index contributed by atoms with van der Waals surface area (Å²) in [7, 11) is 6.58. The molecule has 2 fully saturated rings. The zero-order chi connectivity index (χ0) is 26.2. The van der Waals surface area contributed by atoms with E-state index < -0.39 is 30.7 Å².